The fourth-order valence-corrected chi connectivity index (χ4v) is 3.47. The van der Waals surface area contributed by atoms with E-state index in [9.17, 15) is 26.4 Å². The summed E-state index contributed by atoms with van der Waals surface area (Å²) in [7, 11) is -1.36. The number of methoxy groups -OCH3 is 1. The predicted octanol–water partition coefficient (Wildman–Crippen LogP) is 1.00. The molecule has 1 rings (SSSR count). The largest absolute Gasteiger partial charge is 0.469 e. The monoisotopic (exact) mass is 332 g/mol. The maximum atomic E-state index is 12.5. The van der Waals surface area contributed by atoms with Crippen LogP contribution < -0.4 is 0 Å². The van der Waals surface area contributed by atoms with Gasteiger partial charge in [0.1, 0.15) is 0 Å². The van der Waals surface area contributed by atoms with Crippen LogP contribution in [0.1, 0.15) is 19.3 Å². The lowest BCUT2D eigenvalue weighted by atomic mass is 9.98. The van der Waals surface area contributed by atoms with Crippen molar-refractivity contribution in [3.8, 4) is 0 Å². The average molecular weight is 332 g/mol. The lowest BCUT2D eigenvalue weighted by molar-refractivity contribution is -0.182. The molecule has 0 spiro atoms. The molecule has 10 heteroatoms. The maximum absolute atomic E-state index is 12.5. The number of piperidine rings is 1. The molecule has 0 saturated carbocycles. The molecule has 1 fully saturated rings. The van der Waals surface area contributed by atoms with E-state index in [2.05, 4.69) is 4.74 Å². The fraction of sp³-hybridized carbons (Fsp3) is 0.909. The highest BCUT2D eigenvalue weighted by atomic mass is 32.2. The van der Waals surface area contributed by atoms with Crippen molar-refractivity contribution in [1.82, 2.24) is 8.61 Å². The van der Waals surface area contributed by atoms with E-state index in [1.165, 1.54) is 14.2 Å². The quantitative estimate of drug-likeness (QED) is 0.705. The van der Waals surface area contributed by atoms with Gasteiger partial charge in [-0.1, -0.05) is 0 Å². The van der Waals surface area contributed by atoms with Gasteiger partial charge in [0.2, 0.25) is 0 Å². The van der Waals surface area contributed by atoms with Crippen LogP contribution in [0.5, 0.6) is 0 Å². The summed E-state index contributed by atoms with van der Waals surface area (Å²) >= 11 is 0. The number of ether oxygens (including phenoxy) is 1. The lowest BCUT2D eigenvalue weighted by Crippen LogP contribution is -2.47. The smallest absolute Gasteiger partial charge is 0.391 e. The molecule has 21 heavy (non-hydrogen) atoms. The molecule has 1 aliphatic heterocycles. The summed E-state index contributed by atoms with van der Waals surface area (Å²) in [6, 6.07) is 0. The minimum atomic E-state index is -4.29. The summed E-state index contributed by atoms with van der Waals surface area (Å²) in [5.41, 5.74) is 0. The third-order valence-corrected chi connectivity index (χ3v) is 5.48. The zero-order valence-corrected chi connectivity index (χ0v) is 12.7. The zero-order valence-electron chi connectivity index (χ0n) is 11.9. The molecule has 0 aromatic heterocycles. The van der Waals surface area contributed by atoms with Crippen molar-refractivity contribution in [2.24, 2.45) is 5.92 Å². The highest BCUT2D eigenvalue weighted by Gasteiger charge is 2.43. The van der Waals surface area contributed by atoms with E-state index in [4.69, 9.17) is 0 Å². The van der Waals surface area contributed by atoms with Crippen LogP contribution in [0.2, 0.25) is 0 Å². The zero-order chi connectivity index (χ0) is 16.3. The van der Waals surface area contributed by atoms with Crippen LogP contribution in [-0.4, -0.2) is 63.0 Å². The van der Waals surface area contributed by atoms with E-state index in [1.54, 1.807) is 0 Å². The number of esters is 1. The van der Waals surface area contributed by atoms with Crippen LogP contribution in [-0.2, 0) is 19.7 Å². The maximum Gasteiger partial charge on any atom is 0.391 e. The fourth-order valence-electron chi connectivity index (χ4n) is 2.08. The summed E-state index contributed by atoms with van der Waals surface area (Å²) in [5, 5.41) is 0. The molecule has 1 saturated heterocycles. The van der Waals surface area contributed by atoms with Crippen LogP contribution in [0.25, 0.3) is 0 Å². The standard InChI is InChI=1S/C11H19F3N2O4S/c1-15(6-5-10(17)20-2)21(18,19)16-7-3-9(4-8-16)11(12,13)14/h9H,3-8H2,1-2H3. The predicted molar refractivity (Wildman–Crippen MR) is 68.5 cm³/mol. The summed E-state index contributed by atoms with van der Waals surface area (Å²) in [6.07, 6.45) is -4.88. The minimum Gasteiger partial charge on any atom is -0.469 e. The van der Waals surface area contributed by atoms with Crippen molar-refractivity contribution in [3.05, 3.63) is 0 Å². The van der Waals surface area contributed by atoms with Crippen molar-refractivity contribution in [1.29, 1.82) is 0 Å². The van der Waals surface area contributed by atoms with Crippen molar-refractivity contribution in [2.45, 2.75) is 25.4 Å². The van der Waals surface area contributed by atoms with Gasteiger partial charge in [0, 0.05) is 26.7 Å². The number of hydrogen-bond acceptors (Lipinski definition) is 4. The van der Waals surface area contributed by atoms with Crippen molar-refractivity contribution in [2.75, 3.05) is 33.8 Å². The van der Waals surface area contributed by atoms with Gasteiger partial charge in [0.25, 0.3) is 10.2 Å². The number of halogens is 3. The number of carbonyl (C=O) groups excluding carboxylic acids is 1. The van der Waals surface area contributed by atoms with E-state index in [1.807, 2.05) is 0 Å². The van der Waals surface area contributed by atoms with Gasteiger partial charge in [-0.25, -0.2) is 0 Å². The second kappa shape index (κ2) is 6.93. The highest BCUT2D eigenvalue weighted by Crippen LogP contribution is 2.34. The molecule has 0 bridgehead atoms. The minimum absolute atomic E-state index is 0.0752. The second-order valence-electron chi connectivity index (χ2n) is 4.87. The second-order valence-corrected chi connectivity index (χ2v) is 6.91. The van der Waals surface area contributed by atoms with Crippen LogP contribution in [0, 0.1) is 5.92 Å². The Morgan fingerprint density at radius 3 is 2.29 bits per heavy atom. The van der Waals surface area contributed by atoms with Gasteiger partial charge in [-0.15, -0.1) is 0 Å². The van der Waals surface area contributed by atoms with Gasteiger partial charge < -0.3 is 4.74 Å². The molecule has 0 atom stereocenters. The molecule has 0 aromatic rings. The summed E-state index contributed by atoms with van der Waals surface area (Å²) < 4.78 is 68.3. The molecular weight excluding hydrogens is 313 g/mol. The molecule has 0 unspecified atom stereocenters. The number of rotatable bonds is 5. The summed E-state index contributed by atoms with van der Waals surface area (Å²) in [5.74, 6) is -2.00. The number of carbonyl (C=O) groups is 1. The molecule has 0 amide bonds. The first-order valence-corrected chi connectivity index (χ1v) is 7.83. The first-order valence-electron chi connectivity index (χ1n) is 6.44. The Labute approximate surface area is 122 Å². The Kier molecular flexibility index (Phi) is 6.00. The van der Waals surface area contributed by atoms with Crippen LogP contribution in [0.15, 0.2) is 0 Å². The van der Waals surface area contributed by atoms with Crippen LogP contribution >= 0.6 is 0 Å². The van der Waals surface area contributed by atoms with E-state index in [-0.39, 0.29) is 38.9 Å². The molecule has 1 heterocycles. The molecule has 124 valence electrons. The van der Waals surface area contributed by atoms with E-state index in [0.29, 0.717) is 0 Å². The lowest BCUT2D eigenvalue weighted by Gasteiger charge is -2.34. The van der Waals surface area contributed by atoms with E-state index in [0.717, 1.165) is 8.61 Å². The van der Waals surface area contributed by atoms with Crippen LogP contribution in [0.4, 0.5) is 13.2 Å². The summed E-state index contributed by atoms with van der Waals surface area (Å²) in [4.78, 5) is 11.0. The Morgan fingerprint density at radius 1 is 1.33 bits per heavy atom. The molecule has 0 aromatic carbocycles. The Balaban J connectivity index is 2.58. The first-order chi connectivity index (χ1) is 9.59. The number of alkyl halides is 3. The van der Waals surface area contributed by atoms with E-state index < -0.39 is 28.3 Å². The Bertz CT molecular complexity index is 459. The van der Waals surface area contributed by atoms with Crippen molar-refractivity contribution >= 4 is 16.2 Å². The Morgan fingerprint density at radius 2 is 1.86 bits per heavy atom. The first kappa shape index (κ1) is 18.2. The SMILES string of the molecule is COC(=O)CCN(C)S(=O)(=O)N1CCC(C(F)(F)F)CC1. The molecule has 0 N–H and O–H groups in total. The normalized spacial score (nSPS) is 19.0. The van der Waals surface area contributed by atoms with Crippen molar-refractivity contribution < 1.29 is 31.1 Å². The highest BCUT2D eigenvalue weighted by molar-refractivity contribution is 7.86. The van der Waals surface area contributed by atoms with Crippen LogP contribution in [0.3, 0.4) is 0 Å². The molecule has 0 radical (unpaired) electrons. The van der Waals surface area contributed by atoms with Gasteiger partial charge in [-0.2, -0.15) is 30.2 Å². The third-order valence-electron chi connectivity index (χ3n) is 3.50. The third kappa shape index (κ3) is 4.82. The number of hydrogen-bond donors (Lipinski definition) is 0. The van der Waals surface area contributed by atoms with E-state index >= 15 is 0 Å². The van der Waals surface area contributed by atoms with Gasteiger partial charge in [0.05, 0.1) is 19.4 Å². The molecule has 6 nitrogen and oxygen atoms in total. The number of nitrogens with zero attached hydrogens (tertiary/aromatic N) is 2. The average Bonchev–Trinajstić information content (AvgIpc) is 2.43. The van der Waals surface area contributed by atoms with Gasteiger partial charge in [-0.3, -0.25) is 4.79 Å². The summed E-state index contributed by atoms with van der Waals surface area (Å²) in [6.45, 7) is -0.418. The molecule has 0 aliphatic carbocycles. The Hall–Kier alpha value is -0.870. The van der Waals surface area contributed by atoms with Gasteiger partial charge in [0.15, 0.2) is 0 Å². The topological polar surface area (TPSA) is 66.9 Å². The molecular formula is C11H19F3N2O4S. The van der Waals surface area contributed by atoms with Gasteiger partial charge >= 0.3 is 12.1 Å². The molecule has 1 aliphatic rings. The van der Waals surface area contributed by atoms with Gasteiger partial charge in [-0.05, 0) is 12.8 Å². The van der Waals surface area contributed by atoms with Crippen molar-refractivity contribution in [3.63, 3.8) is 0 Å².